The standard InChI is InChI=1S/C31H29F2N5O4/c32-31(33)16-26(29(41)36-18-21-8-4-12-34-17-21)38(19-31)30(42)27(39)25(14-20-6-2-1-3-7-20)37-28(40)23-10-11-24-22(15-23)9-5-13-35-24/h1-13,15,17,25-27,39H,14,16,18-19H2,(H,36,41)(H,37,40)/t25?,26-,27-/m0/s1. The first-order valence-corrected chi connectivity index (χ1v) is 13.4. The second-order valence-corrected chi connectivity index (χ2v) is 10.2. The first-order chi connectivity index (χ1) is 20.2. The van der Waals surface area contributed by atoms with Gasteiger partial charge in [-0.2, -0.15) is 0 Å². The minimum absolute atomic E-state index is 0.0350. The summed E-state index contributed by atoms with van der Waals surface area (Å²) < 4.78 is 29.1. The Hall–Kier alpha value is -4.77. The molecule has 0 aliphatic carbocycles. The fourth-order valence-corrected chi connectivity index (χ4v) is 5.01. The maximum atomic E-state index is 14.6. The van der Waals surface area contributed by atoms with Crippen molar-refractivity contribution in [1.29, 1.82) is 0 Å². The number of benzene rings is 2. The van der Waals surface area contributed by atoms with Crippen molar-refractivity contribution >= 4 is 28.6 Å². The Balaban J connectivity index is 1.36. The Kier molecular flexibility index (Phi) is 8.48. The van der Waals surface area contributed by atoms with Crippen LogP contribution in [0.15, 0.2) is 91.4 Å². The molecule has 1 saturated heterocycles. The van der Waals surface area contributed by atoms with Gasteiger partial charge in [0.05, 0.1) is 18.1 Å². The van der Waals surface area contributed by atoms with Crippen LogP contribution in [0, 0.1) is 0 Å². The molecule has 1 aliphatic heterocycles. The lowest BCUT2D eigenvalue weighted by Crippen LogP contribution is -2.55. The lowest BCUT2D eigenvalue weighted by atomic mass is 9.99. The molecule has 4 aromatic rings. The van der Waals surface area contributed by atoms with Crippen LogP contribution in [0.1, 0.15) is 27.9 Å². The topological polar surface area (TPSA) is 125 Å². The molecule has 42 heavy (non-hydrogen) atoms. The molecular formula is C31H29F2N5O4. The number of aliphatic hydroxyl groups is 1. The van der Waals surface area contributed by atoms with E-state index in [1.807, 2.05) is 0 Å². The van der Waals surface area contributed by atoms with Gasteiger partial charge in [-0.3, -0.25) is 24.4 Å². The second kappa shape index (κ2) is 12.4. The molecule has 1 fully saturated rings. The summed E-state index contributed by atoms with van der Waals surface area (Å²) in [7, 11) is 0. The van der Waals surface area contributed by atoms with Crippen molar-refractivity contribution in [2.75, 3.05) is 6.54 Å². The minimum atomic E-state index is -3.33. The highest BCUT2D eigenvalue weighted by Crippen LogP contribution is 2.33. The Labute approximate surface area is 240 Å². The van der Waals surface area contributed by atoms with Gasteiger partial charge in [0.1, 0.15) is 6.04 Å². The predicted molar refractivity (Wildman–Crippen MR) is 150 cm³/mol. The molecule has 11 heteroatoms. The molecule has 1 unspecified atom stereocenters. The molecule has 3 amide bonds. The van der Waals surface area contributed by atoms with Crippen LogP contribution in [0.3, 0.4) is 0 Å². The zero-order chi connectivity index (χ0) is 29.7. The van der Waals surface area contributed by atoms with Gasteiger partial charge < -0.3 is 20.6 Å². The molecule has 1 aliphatic rings. The molecule has 3 heterocycles. The molecule has 2 aromatic carbocycles. The molecule has 216 valence electrons. The van der Waals surface area contributed by atoms with Crippen LogP contribution in [0.2, 0.25) is 0 Å². The van der Waals surface area contributed by atoms with Crippen molar-refractivity contribution < 1.29 is 28.3 Å². The van der Waals surface area contributed by atoms with Crippen molar-refractivity contribution in [1.82, 2.24) is 25.5 Å². The average Bonchev–Trinajstić information content (AvgIpc) is 3.34. The van der Waals surface area contributed by atoms with Gasteiger partial charge in [0, 0.05) is 42.5 Å². The quantitative estimate of drug-likeness (QED) is 0.283. The van der Waals surface area contributed by atoms with Crippen LogP contribution < -0.4 is 10.6 Å². The molecule has 0 radical (unpaired) electrons. The highest BCUT2D eigenvalue weighted by Gasteiger charge is 2.51. The average molecular weight is 574 g/mol. The molecule has 0 bridgehead atoms. The van der Waals surface area contributed by atoms with E-state index >= 15 is 0 Å². The zero-order valence-electron chi connectivity index (χ0n) is 22.5. The number of aromatic nitrogens is 2. The van der Waals surface area contributed by atoms with Gasteiger partial charge in [-0.1, -0.05) is 42.5 Å². The number of nitrogens with one attached hydrogen (secondary N) is 2. The maximum absolute atomic E-state index is 14.6. The summed E-state index contributed by atoms with van der Waals surface area (Å²) in [6.07, 6.45) is 1.97. The number of nitrogens with zero attached hydrogens (tertiary/aromatic N) is 3. The zero-order valence-corrected chi connectivity index (χ0v) is 22.5. The summed E-state index contributed by atoms with van der Waals surface area (Å²) in [5, 5.41) is 17.3. The highest BCUT2D eigenvalue weighted by atomic mass is 19.3. The van der Waals surface area contributed by atoms with E-state index in [2.05, 4.69) is 20.6 Å². The number of hydrogen-bond acceptors (Lipinski definition) is 6. The second-order valence-electron chi connectivity index (χ2n) is 10.2. The number of halogens is 2. The van der Waals surface area contributed by atoms with Gasteiger partial charge in [-0.05, 0) is 47.9 Å². The molecule has 9 nitrogen and oxygen atoms in total. The van der Waals surface area contributed by atoms with Crippen molar-refractivity contribution in [3.05, 3.63) is 108 Å². The van der Waals surface area contributed by atoms with Gasteiger partial charge in [0.15, 0.2) is 6.10 Å². The van der Waals surface area contributed by atoms with Crippen molar-refractivity contribution in [2.24, 2.45) is 0 Å². The number of pyridine rings is 2. The van der Waals surface area contributed by atoms with Crippen LogP contribution in [0.4, 0.5) is 8.78 Å². The maximum Gasteiger partial charge on any atom is 0.267 e. The molecule has 3 atom stereocenters. The van der Waals surface area contributed by atoms with E-state index in [4.69, 9.17) is 0 Å². The molecular weight excluding hydrogens is 544 g/mol. The van der Waals surface area contributed by atoms with E-state index in [1.54, 1.807) is 85.2 Å². The first-order valence-electron chi connectivity index (χ1n) is 13.4. The van der Waals surface area contributed by atoms with E-state index in [-0.39, 0.29) is 18.5 Å². The number of alkyl halides is 2. The highest BCUT2D eigenvalue weighted by molar-refractivity contribution is 5.98. The number of aliphatic hydroxyl groups excluding tert-OH is 1. The van der Waals surface area contributed by atoms with Gasteiger partial charge >= 0.3 is 0 Å². The monoisotopic (exact) mass is 573 g/mol. The largest absolute Gasteiger partial charge is 0.381 e. The third-order valence-electron chi connectivity index (χ3n) is 7.16. The van der Waals surface area contributed by atoms with Gasteiger partial charge in [0.25, 0.3) is 17.7 Å². The van der Waals surface area contributed by atoms with Crippen molar-refractivity contribution in [3.63, 3.8) is 0 Å². The summed E-state index contributed by atoms with van der Waals surface area (Å²) in [4.78, 5) is 48.7. The molecule has 0 saturated carbocycles. The number of rotatable bonds is 9. The third-order valence-corrected chi connectivity index (χ3v) is 7.16. The first kappa shape index (κ1) is 28.7. The smallest absolute Gasteiger partial charge is 0.267 e. The lowest BCUT2D eigenvalue weighted by molar-refractivity contribution is -0.147. The molecule has 5 rings (SSSR count). The predicted octanol–water partition coefficient (Wildman–Crippen LogP) is 2.88. The van der Waals surface area contributed by atoms with E-state index in [1.165, 1.54) is 6.20 Å². The summed E-state index contributed by atoms with van der Waals surface area (Å²) in [6.45, 7) is -0.995. The van der Waals surface area contributed by atoms with Crippen molar-refractivity contribution in [2.45, 2.75) is 43.5 Å². The Morgan fingerprint density at radius 1 is 1.00 bits per heavy atom. The summed E-state index contributed by atoms with van der Waals surface area (Å²) in [6, 6.07) is 18.0. The number of fused-ring (bicyclic) bond motifs is 1. The molecule has 3 N–H and O–H groups in total. The number of likely N-dealkylation sites (tertiary alicyclic amines) is 1. The van der Waals surface area contributed by atoms with Crippen LogP contribution in [0.5, 0.6) is 0 Å². The summed E-state index contributed by atoms with van der Waals surface area (Å²) >= 11 is 0. The van der Waals surface area contributed by atoms with Crippen LogP contribution in [0.25, 0.3) is 10.9 Å². The van der Waals surface area contributed by atoms with Crippen LogP contribution >= 0.6 is 0 Å². The molecule has 2 aromatic heterocycles. The van der Waals surface area contributed by atoms with Gasteiger partial charge in [-0.25, -0.2) is 8.78 Å². The fourth-order valence-electron chi connectivity index (χ4n) is 5.01. The number of carbonyl (C=O) groups excluding carboxylic acids is 3. The summed E-state index contributed by atoms with van der Waals surface area (Å²) in [5.41, 5.74) is 2.32. The van der Waals surface area contributed by atoms with E-state index in [9.17, 15) is 28.3 Å². The number of amides is 3. The number of carbonyl (C=O) groups is 3. The minimum Gasteiger partial charge on any atom is -0.381 e. The Morgan fingerprint density at radius 2 is 1.76 bits per heavy atom. The Morgan fingerprint density at radius 3 is 2.52 bits per heavy atom. The lowest BCUT2D eigenvalue weighted by Gasteiger charge is -2.30. The molecule has 0 spiro atoms. The fraction of sp³-hybridized carbons (Fsp3) is 0.258. The van der Waals surface area contributed by atoms with E-state index in [0.717, 1.165) is 5.39 Å². The van der Waals surface area contributed by atoms with E-state index < -0.39 is 54.8 Å². The third kappa shape index (κ3) is 6.74. The van der Waals surface area contributed by atoms with Crippen LogP contribution in [-0.4, -0.2) is 68.4 Å². The summed E-state index contributed by atoms with van der Waals surface area (Å²) in [5.74, 6) is -5.74. The van der Waals surface area contributed by atoms with Gasteiger partial charge in [-0.15, -0.1) is 0 Å². The van der Waals surface area contributed by atoms with E-state index in [0.29, 0.717) is 21.5 Å². The normalized spacial score (nSPS) is 17.4. The van der Waals surface area contributed by atoms with Gasteiger partial charge in [0.2, 0.25) is 5.91 Å². The van der Waals surface area contributed by atoms with Crippen molar-refractivity contribution in [3.8, 4) is 0 Å². The number of hydrogen-bond donors (Lipinski definition) is 3. The Bertz CT molecular complexity index is 1570. The SMILES string of the molecule is O=C(NC(Cc1ccccc1)[C@H](O)C(=O)N1CC(F)(F)C[C@H]1C(=O)NCc1cccnc1)c1ccc2ncccc2c1. The van der Waals surface area contributed by atoms with Crippen LogP contribution in [-0.2, 0) is 22.6 Å².